The third kappa shape index (κ3) is 2.91. The molecule has 0 aliphatic rings. The van der Waals surface area contributed by atoms with E-state index in [4.69, 9.17) is 16.7 Å². The molecule has 1 N–H and O–H groups in total. The molecule has 1 nitrogen and oxygen atoms in total. The molecule has 0 fully saturated rings. The van der Waals surface area contributed by atoms with Crippen molar-refractivity contribution in [3.05, 3.63) is 34.9 Å². The molecule has 0 aliphatic carbocycles. The van der Waals surface area contributed by atoms with Crippen LogP contribution in [-0.4, -0.2) is 11.2 Å². The van der Waals surface area contributed by atoms with E-state index in [1.165, 1.54) is 0 Å². The minimum absolute atomic E-state index is 0.281. The van der Waals surface area contributed by atoms with Crippen LogP contribution in [0.5, 0.6) is 0 Å². The van der Waals surface area contributed by atoms with Crippen molar-refractivity contribution in [1.29, 1.82) is 0 Å². The first-order valence-corrected chi connectivity index (χ1v) is 3.99. The number of rotatable bonds is 2. The highest BCUT2D eigenvalue weighted by Crippen LogP contribution is 2.10. The summed E-state index contributed by atoms with van der Waals surface area (Å²) in [5, 5.41) is 9.78. The fourth-order valence-corrected chi connectivity index (χ4v) is 1.09. The third-order valence-corrected chi connectivity index (χ3v) is 1.70. The molecule has 0 heterocycles. The molecular formula is C9H11ClO. The number of halogens is 1. The fourth-order valence-electron chi connectivity index (χ4n) is 0.962. The van der Waals surface area contributed by atoms with Crippen molar-refractivity contribution in [2.45, 2.75) is 19.4 Å². The van der Waals surface area contributed by atoms with Gasteiger partial charge in [-0.1, -0.05) is 23.7 Å². The lowest BCUT2D eigenvalue weighted by molar-refractivity contribution is 0.195. The molecule has 1 aromatic carbocycles. The molecule has 0 amide bonds. The Morgan fingerprint density at radius 3 is 2.36 bits per heavy atom. The van der Waals surface area contributed by atoms with E-state index in [9.17, 15) is 0 Å². The van der Waals surface area contributed by atoms with Crippen LogP contribution in [0.4, 0.5) is 0 Å². The Bertz CT molecular complexity index is 216. The first kappa shape index (κ1) is 8.57. The summed E-state index contributed by atoms with van der Waals surface area (Å²) in [5.74, 6) is 0. The van der Waals surface area contributed by atoms with Gasteiger partial charge in [0.05, 0.1) is 6.10 Å². The quantitative estimate of drug-likeness (QED) is 0.722. The second-order valence-electron chi connectivity index (χ2n) is 2.68. The van der Waals surface area contributed by atoms with Crippen molar-refractivity contribution in [1.82, 2.24) is 0 Å². The molecule has 2 heteroatoms. The van der Waals surface area contributed by atoms with Crippen molar-refractivity contribution >= 4 is 11.6 Å². The number of benzene rings is 1. The molecule has 1 rings (SSSR count). The number of aliphatic hydroxyl groups excluding tert-OH is 1. The topological polar surface area (TPSA) is 20.2 Å². The summed E-state index contributed by atoms with van der Waals surface area (Å²) in [6.07, 6.45) is 0.410. The summed E-state index contributed by atoms with van der Waals surface area (Å²) in [4.78, 5) is 0. The van der Waals surface area contributed by atoms with Gasteiger partial charge < -0.3 is 5.11 Å². The molecule has 0 aromatic heterocycles. The summed E-state index contributed by atoms with van der Waals surface area (Å²) >= 11 is 5.69. The highest BCUT2D eigenvalue weighted by atomic mass is 35.5. The zero-order valence-corrected chi connectivity index (χ0v) is 7.17. The van der Waals surface area contributed by atoms with Gasteiger partial charge in [-0.05, 0) is 31.0 Å². The monoisotopic (exact) mass is 170 g/mol. The molecule has 1 aromatic rings. The highest BCUT2D eigenvalue weighted by Gasteiger charge is 1.97. The van der Waals surface area contributed by atoms with E-state index in [0.29, 0.717) is 6.42 Å². The molecule has 1 atom stereocenters. The molecule has 0 unspecified atom stereocenters. The minimum atomic E-state index is -0.281. The Balaban J connectivity index is 2.66. The first-order valence-electron chi connectivity index (χ1n) is 3.61. The predicted octanol–water partition coefficient (Wildman–Crippen LogP) is 2.26. The Morgan fingerprint density at radius 1 is 1.36 bits per heavy atom. The molecule has 0 spiro atoms. The van der Waals surface area contributed by atoms with Crippen LogP contribution in [0.1, 0.15) is 12.5 Å². The van der Waals surface area contributed by atoms with Crippen LogP contribution in [-0.2, 0) is 6.42 Å². The van der Waals surface area contributed by atoms with Crippen LogP contribution in [0.25, 0.3) is 0 Å². The van der Waals surface area contributed by atoms with Crippen LogP contribution < -0.4 is 0 Å². The molecule has 0 bridgehead atoms. The van der Waals surface area contributed by atoms with E-state index < -0.39 is 0 Å². The highest BCUT2D eigenvalue weighted by molar-refractivity contribution is 6.30. The van der Waals surface area contributed by atoms with Crippen molar-refractivity contribution in [2.24, 2.45) is 0 Å². The Morgan fingerprint density at radius 2 is 1.91 bits per heavy atom. The van der Waals surface area contributed by atoms with E-state index in [0.717, 1.165) is 10.6 Å². The van der Waals surface area contributed by atoms with Gasteiger partial charge in [0.2, 0.25) is 0 Å². The van der Waals surface area contributed by atoms with Crippen molar-refractivity contribution < 1.29 is 5.11 Å². The third-order valence-electron chi connectivity index (χ3n) is 1.44. The largest absolute Gasteiger partial charge is 0.393 e. The van der Waals surface area contributed by atoms with E-state index in [1.807, 2.05) is 24.3 Å². The Kier molecular flexibility index (Phi) is 2.92. The zero-order chi connectivity index (χ0) is 8.27. The van der Waals surface area contributed by atoms with Gasteiger partial charge in [0, 0.05) is 5.02 Å². The molecule has 0 radical (unpaired) electrons. The smallest absolute Gasteiger partial charge is 0.0552 e. The zero-order valence-electron chi connectivity index (χ0n) is 6.42. The van der Waals surface area contributed by atoms with E-state index in [2.05, 4.69) is 0 Å². The molecule has 60 valence electrons. The van der Waals surface area contributed by atoms with Crippen molar-refractivity contribution in [3.8, 4) is 0 Å². The van der Waals surface area contributed by atoms with Gasteiger partial charge in [0.25, 0.3) is 0 Å². The summed E-state index contributed by atoms with van der Waals surface area (Å²) < 4.78 is 0. The van der Waals surface area contributed by atoms with Gasteiger partial charge in [-0.25, -0.2) is 0 Å². The van der Waals surface area contributed by atoms with E-state index in [1.54, 1.807) is 6.92 Å². The average molecular weight is 171 g/mol. The maximum Gasteiger partial charge on any atom is 0.0552 e. The second-order valence-corrected chi connectivity index (χ2v) is 3.12. The lowest BCUT2D eigenvalue weighted by Gasteiger charge is -2.02. The summed E-state index contributed by atoms with van der Waals surface area (Å²) in [7, 11) is 0. The Labute approximate surface area is 71.6 Å². The molecule has 0 aliphatic heterocycles. The first-order chi connectivity index (χ1) is 5.18. The SMILES string of the molecule is C[C@@H](O)Cc1ccc(Cl)cc1. The molecule has 0 saturated heterocycles. The van der Waals surface area contributed by atoms with Crippen molar-refractivity contribution in [3.63, 3.8) is 0 Å². The summed E-state index contributed by atoms with van der Waals surface area (Å²) in [6.45, 7) is 1.77. The maximum absolute atomic E-state index is 9.04. The second kappa shape index (κ2) is 3.74. The summed E-state index contributed by atoms with van der Waals surface area (Å²) in [6, 6.07) is 7.52. The summed E-state index contributed by atoms with van der Waals surface area (Å²) in [5.41, 5.74) is 1.12. The van der Waals surface area contributed by atoms with Crippen LogP contribution >= 0.6 is 11.6 Å². The lowest BCUT2D eigenvalue weighted by Crippen LogP contribution is -2.03. The normalized spacial score (nSPS) is 13.0. The number of aliphatic hydroxyl groups is 1. The van der Waals surface area contributed by atoms with Gasteiger partial charge in [0.15, 0.2) is 0 Å². The number of hydrogen-bond donors (Lipinski definition) is 1. The minimum Gasteiger partial charge on any atom is -0.393 e. The average Bonchev–Trinajstić information content (AvgIpc) is 1.93. The van der Waals surface area contributed by atoms with Gasteiger partial charge in [-0.15, -0.1) is 0 Å². The maximum atomic E-state index is 9.04. The van der Waals surface area contributed by atoms with Gasteiger partial charge in [0.1, 0.15) is 0 Å². The van der Waals surface area contributed by atoms with Crippen LogP contribution in [0.2, 0.25) is 5.02 Å². The molecule has 11 heavy (non-hydrogen) atoms. The fraction of sp³-hybridized carbons (Fsp3) is 0.333. The van der Waals surface area contributed by atoms with E-state index in [-0.39, 0.29) is 6.10 Å². The molecular weight excluding hydrogens is 160 g/mol. The van der Waals surface area contributed by atoms with Gasteiger partial charge >= 0.3 is 0 Å². The van der Waals surface area contributed by atoms with Gasteiger partial charge in [-0.2, -0.15) is 0 Å². The Hall–Kier alpha value is -0.530. The standard InChI is InChI=1S/C9H11ClO/c1-7(11)6-8-2-4-9(10)5-3-8/h2-5,7,11H,6H2,1H3/t7-/m1/s1. The van der Waals surface area contributed by atoms with Crippen molar-refractivity contribution in [2.75, 3.05) is 0 Å². The predicted molar refractivity (Wildman–Crippen MR) is 46.8 cm³/mol. The van der Waals surface area contributed by atoms with E-state index >= 15 is 0 Å². The van der Waals surface area contributed by atoms with Crippen LogP contribution in [0.3, 0.4) is 0 Å². The number of hydrogen-bond acceptors (Lipinski definition) is 1. The lowest BCUT2D eigenvalue weighted by atomic mass is 10.1. The van der Waals surface area contributed by atoms with Gasteiger partial charge in [-0.3, -0.25) is 0 Å². The van der Waals surface area contributed by atoms with Crippen LogP contribution in [0, 0.1) is 0 Å². The van der Waals surface area contributed by atoms with Crippen LogP contribution in [0.15, 0.2) is 24.3 Å². The molecule has 0 saturated carbocycles.